The van der Waals surface area contributed by atoms with Crippen LogP contribution in [0.5, 0.6) is 0 Å². The van der Waals surface area contributed by atoms with Crippen molar-refractivity contribution in [3.8, 4) is 0 Å². The lowest BCUT2D eigenvalue weighted by Gasteiger charge is -2.13. The van der Waals surface area contributed by atoms with Gasteiger partial charge in [0.2, 0.25) is 11.8 Å². The zero-order valence-corrected chi connectivity index (χ0v) is 10.6. The smallest absolute Gasteiger partial charge is 0.326 e. The molecule has 1 atom stereocenters. The zero-order chi connectivity index (χ0) is 14.8. The summed E-state index contributed by atoms with van der Waals surface area (Å²) in [6.07, 6.45) is 4.45. The van der Waals surface area contributed by atoms with E-state index in [2.05, 4.69) is 18.5 Å². The Kier molecular flexibility index (Phi) is 7.60. The fourth-order valence-corrected chi connectivity index (χ4v) is 1.33. The molecule has 0 aromatic rings. The van der Waals surface area contributed by atoms with E-state index in [-0.39, 0.29) is 19.3 Å². The summed E-state index contributed by atoms with van der Waals surface area (Å²) >= 11 is 0. The summed E-state index contributed by atoms with van der Waals surface area (Å²) < 4.78 is 0. The van der Waals surface area contributed by atoms with Crippen molar-refractivity contribution in [3.63, 3.8) is 0 Å². The van der Waals surface area contributed by atoms with E-state index in [9.17, 15) is 14.4 Å². The Morgan fingerprint density at radius 1 is 1.32 bits per heavy atom. The Hall–Kier alpha value is -2.37. The maximum atomic E-state index is 11.6. The molecule has 0 aromatic heterocycles. The summed E-state index contributed by atoms with van der Waals surface area (Å²) in [6, 6.07) is -1.13. The minimum absolute atomic E-state index is 0.00410. The van der Waals surface area contributed by atoms with Crippen LogP contribution in [0.2, 0.25) is 0 Å². The second kappa shape index (κ2) is 8.68. The maximum Gasteiger partial charge on any atom is 0.326 e. The molecule has 0 bridgehead atoms. The lowest BCUT2D eigenvalue weighted by molar-refractivity contribution is -0.142. The van der Waals surface area contributed by atoms with E-state index in [0.717, 1.165) is 0 Å². The third-order valence-electron chi connectivity index (χ3n) is 2.27. The molecule has 0 fully saturated rings. The molecule has 0 aliphatic rings. The van der Waals surface area contributed by atoms with E-state index >= 15 is 0 Å². The molecular formula is C13H18N2O4. The van der Waals surface area contributed by atoms with Gasteiger partial charge >= 0.3 is 5.97 Å². The number of aliphatic carboxylic acids is 1. The number of amides is 2. The third-order valence-corrected chi connectivity index (χ3v) is 2.27. The predicted octanol–water partition coefficient (Wildman–Crippen LogP) is 0.510. The average Bonchev–Trinajstić information content (AvgIpc) is 2.33. The van der Waals surface area contributed by atoms with Gasteiger partial charge in [-0.2, -0.15) is 0 Å². The summed E-state index contributed by atoms with van der Waals surface area (Å²) in [4.78, 5) is 33.1. The molecule has 2 amide bonds. The topological polar surface area (TPSA) is 109 Å². The first-order valence-electron chi connectivity index (χ1n) is 5.65. The normalized spacial score (nSPS) is 12.3. The van der Waals surface area contributed by atoms with Crippen LogP contribution in [-0.4, -0.2) is 28.9 Å². The molecule has 0 aliphatic carbocycles. The highest BCUT2D eigenvalue weighted by molar-refractivity contribution is 5.85. The molecule has 104 valence electrons. The Labute approximate surface area is 111 Å². The molecule has 0 saturated heterocycles. The standard InChI is InChI=1S/C13H18N2O4/c1-3-5-9(4-2)8-12(17)15-10(13(18)19)6-7-11(14)16/h3-5,10H,1-2,6-8H2,(H2,14,16)(H,15,17)(H,18,19)/b9-5+/t10-/m0/s1. The summed E-state index contributed by atoms with van der Waals surface area (Å²) in [5, 5.41) is 11.2. The molecule has 0 aromatic carbocycles. The van der Waals surface area contributed by atoms with E-state index in [1.807, 2.05) is 0 Å². The van der Waals surface area contributed by atoms with Crippen molar-refractivity contribution < 1.29 is 19.5 Å². The maximum absolute atomic E-state index is 11.6. The fourth-order valence-electron chi connectivity index (χ4n) is 1.33. The molecule has 0 rings (SSSR count). The van der Waals surface area contributed by atoms with Crippen LogP contribution in [0.4, 0.5) is 0 Å². The molecular weight excluding hydrogens is 248 g/mol. The first kappa shape index (κ1) is 16.6. The van der Waals surface area contributed by atoms with E-state index in [0.29, 0.717) is 5.57 Å². The molecule has 6 heteroatoms. The number of hydrogen-bond acceptors (Lipinski definition) is 3. The number of carboxylic acids is 1. The number of nitrogens with two attached hydrogens (primary N) is 1. The van der Waals surface area contributed by atoms with Crippen molar-refractivity contribution >= 4 is 17.8 Å². The molecule has 0 heterocycles. The molecule has 4 N–H and O–H groups in total. The first-order chi connectivity index (χ1) is 8.90. The van der Waals surface area contributed by atoms with Gasteiger partial charge in [-0.05, 0) is 12.0 Å². The fraction of sp³-hybridized carbons (Fsp3) is 0.308. The number of allylic oxidation sites excluding steroid dienone is 3. The predicted molar refractivity (Wildman–Crippen MR) is 71.1 cm³/mol. The van der Waals surface area contributed by atoms with Gasteiger partial charge in [-0.3, -0.25) is 9.59 Å². The van der Waals surface area contributed by atoms with E-state index in [1.54, 1.807) is 6.08 Å². The van der Waals surface area contributed by atoms with Gasteiger partial charge in [0.1, 0.15) is 6.04 Å². The van der Waals surface area contributed by atoms with Gasteiger partial charge in [-0.15, -0.1) is 0 Å². The van der Waals surface area contributed by atoms with Crippen molar-refractivity contribution in [2.75, 3.05) is 0 Å². The van der Waals surface area contributed by atoms with Crippen molar-refractivity contribution in [3.05, 3.63) is 37.0 Å². The molecule has 0 radical (unpaired) electrons. The van der Waals surface area contributed by atoms with Crippen LogP contribution < -0.4 is 11.1 Å². The highest BCUT2D eigenvalue weighted by Gasteiger charge is 2.20. The Morgan fingerprint density at radius 3 is 2.37 bits per heavy atom. The number of nitrogens with one attached hydrogen (secondary N) is 1. The number of hydrogen-bond donors (Lipinski definition) is 3. The second-order valence-corrected chi connectivity index (χ2v) is 3.82. The quantitative estimate of drug-likeness (QED) is 0.528. The van der Waals surface area contributed by atoms with Crippen LogP contribution in [0.3, 0.4) is 0 Å². The van der Waals surface area contributed by atoms with E-state index in [4.69, 9.17) is 10.8 Å². The van der Waals surface area contributed by atoms with Crippen molar-refractivity contribution in [2.45, 2.75) is 25.3 Å². The molecule has 19 heavy (non-hydrogen) atoms. The first-order valence-corrected chi connectivity index (χ1v) is 5.65. The van der Waals surface area contributed by atoms with Crippen LogP contribution in [0.25, 0.3) is 0 Å². The van der Waals surface area contributed by atoms with Crippen molar-refractivity contribution in [2.24, 2.45) is 5.73 Å². The van der Waals surface area contributed by atoms with Gasteiger partial charge in [-0.25, -0.2) is 4.79 Å². The lowest BCUT2D eigenvalue weighted by atomic mass is 10.1. The van der Waals surface area contributed by atoms with Gasteiger partial charge in [0.05, 0.1) is 6.42 Å². The highest BCUT2D eigenvalue weighted by atomic mass is 16.4. The van der Waals surface area contributed by atoms with Crippen LogP contribution in [-0.2, 0) is 14.4 Å². The zero-order valence-electron chi connectivity index (χ0n) is 10.6. The third kappa shape index (κ3) is 7.54. The van der Waals surface area contributed by atoms with Gasteiger partial charge < -0.3 is 16.2 Å². The summed E-state index contributed by atoms with van der Waals surface area (Å²) in [5.74, 6) is -2.29. The molecule has 6 nitrogen and oxygen atoms in total. The molecule has 0 spiro atoms. The SMILES string of the molecule is C=C/C=C(\C=C)CC(=O)N[C@@H](CCC(N)=O)C(=O)O. The minimum Gasteiger partial charge on any atom is -0.480 e. The second-order valence-electron chi connectivity index (χ2n) is 3.82. The molecule has 0 saturated carbocycles. The van der Waals surface area contributed by atoms with Gasteiger partial charge in [-0.1, -0.05) is 31.4 Å². The van der Waals surface area contributed by atoms with Crippen molar-refractivity contribution in [1.29, 1.82) is 0 Å². The lowest BCUT2D eigenvalue weighted by Crippen LogP contribution is -2.41. The Balaban J connectivity index is 4.50. The summed E-state index contributed by atoms with van der Waals surface area (Å²) in [5.41, 5.74) is 5.55. The number of carboxylic acid groups (broad SMARTS) is 1. The van der Waals surface area contributed by atoms with E-state index in [1.165, 1.54) is 12.2 Å². The number of carbonyl (C=O) groups is 3. The largest absolute Gasteiger partial charge is 0.480 e. The van der Waals surface area contributed by atoms with E-state index < -0.39 is 23.8 Å². The van der Waals surface area contributed by atoms with Crippen LogP contribution >= 0.6 is 0 Å². The monoisotopic (exact) mass is 266 g/mol. The van der Waals surface area contributed by atoms with Crippen LogP contribution in [0.15, 0.2) is 37.0 Å². The Bertz CT molecular complexity index is 413. The molecule has 0 unspecified atom stereocenters. The van der Waals surface area contributed by atoms with Crippen molar-refractivity contribution in [1.82, 2.24) is 5.32 Å². The highest BCUT2D eigenvalue weighted by Crippen LogP contribution is 2.04. The van der Waals surface area contributed by atoms with Gasteiger partial charge in [0.25, 0.3) is 0 Å². The average molecular weight is 266 g/mol. The van der Waals surface area contributed by atoms with Gasteiger partial charge in [0, 0.05) is 6.42 Å². The number of carbonyl (C=O) groups excluding carboxylic acids is 2. The van der Waals surface area contributed by atoms with Gasteiger partial charge in [0.15, 0.2) is 0 Å². The Morgan fingerprint density at radius 2 is 1.95 bits per heavy atom. The number of rotatable bonds is 9. The summed E-state index contributed by atoms with van der Waals surface area (Å²) in [6.45, 7) is 7.03. The molecule has 0 aliphatic heterocycles. The summed E-state index contributed by atoms with van der Waals surface area (Å²) in [7, 11) is 0. The van der Waals surface area contributed by atoms with Crippen LogP contribution in [0.1, 0.15) is 19.3 Å². The minimum atomic E-state index is -1.21. The number of primary amides is 1. The van der Waals surface area contributed by atoms with Crippen LogP contribution in [0, 0.1) is 0 Å².